The largest absolute Gasteiger partial charge is 0.307 e. The highest BCUT2D eigenvalue weighted by Gasteiger charge is 2.41. The van der Waals surface area contributed by atoms with Crippen LogP contribution in [0.25, 0.3) is 0 Å². The Hall–Kier alpha value is -0.820. The summed E-state index contributed by atoms with van der Waals surface area (Å²) in [4.78, 5) is 0. The molecule has 0 radical (unpaired) electrons. The topological polar surface area (TPSA) is 12.0 Å². The lowest BCUT2D eigenvalue weighted by Gasteiger charge is -2.32. The molecule has 19 heavy (non-hydrogen) atoms. The van der Waals surface area contributed by atoms with Crippen molar-refractivity contribution in [3.63, 3.8) is 0 Å². The van der Waals surface area contributed by atoms with Crippen LogP contribution in [0.2, 0.25) is 0 Å². The van der Waals surface area contributed by atoms with Crippen LogP contribution in [0.4, 0.5) is 0 Å². The summed E-state index contributed by atoms with van der Waals surface area (Å²) in [5.74, 6) is 0. The van der Waals surface area contributed by atoms with Gasteiger partial charge in [0, 0.05) is 12.1 Å². The number of nitrogens with one attached hydrogen (secondary N) is 1. The molecule has 0 aliphatic heterocycles. The Morgan fingerprint density at radius 2 is 1.84 bits per heavy atom. The van der Waals surface area contributed by atoms with Gasteiger partial charge in [-0.05, 0) is 47.6 Å². The highest BCUT2D eigenvalue weighted by Crippen LogP contribution is 2.47. The van der Waals surface area contributed by atoms with Gasteiger partial charge in [0.05, 0.1) is 0 Å². The van der Waals surface area contributed by atoms with Crippen molar-refractivity contribution in [1.29, 1.82) is 0 Å². The first kappa shape index (κ1) is 13.2. The van der Waals surface area contributed by atoms with E-state index in [9.17, 15) is 0 Å². The molecule has 2 atom stereocenters. The van der Waals surface area contributed by atoms with Crippen molar-refractivity contribution in [2.75, 3.05) is 0 Å². The molecule has 2 aliphatic carbocycles. The summed E-state index contributed by atoms with van der Waals surface area (Å²) in [5.41, 5.74) is 3.95. The second-order valence-electron chi connectivity index (χ2n) is 8.07. The molecular weight excluding hydrogens is 230 g/mol. The summed E-state index contributed by atoms with van der Waals surface area (Å²) in [6, 6.07) is 10.2. The van der Waals surface area contributed by atoms with E-state index >= 15 is 0 Å². The van der Waals surface area contributed by atoms with E-state index in [1.54, 1.807) is 5.56 Å². The van der Waals surface area contributed by atoms with Gasteiger partial charge in [-0.25, -0.2) is 0 Å². The summed E-state index contributed by atoms with van der Waals surface area (Å²) in [5, 5.41) is 3.98. The molecule has 1 aromatic rings. The first-order chi connectivity index (χ1) is 8.87. The Morgan fingerprint density at radius 1 is 1.11 bits per heavy atom. The molecule has 0 amide bonds. The van der Waals surface area contributed by atoms with E-state index < -0.39 is 0 Å². The van der Waals surface area contributed by atoms with E-state index in [-0.39, 0.29) is 0 Å². The fraction of sp³-hybridized carbons (Fsp3) is 0.667. The number of hydrogen-bond donors (Lipinski definition) is 1. The maximum absolute atomic E-state index is 3.98. The molecule has 0 bridgehead atoms. The second-order valence-corrected chi connectivity index (χ2v) is 8.07. The predicted molar refractivity (Wildman–Crippen MR) is 81.2 cm³/mol. The molecule has 0 heterocycles. The lowest BCUT2D eigenvalue weighted by molar-refractivity contribution is 0.241. The van der Waals surface area contributed by atoms with Gasteiger partial charge in [0.1, 0.15) is 0 Å². The quantitative estimate of drug-likeness (QED) is 0.823. The van der Waals surface area contributed by atoms with E-state index in [2.05, 4.69) is 57.3 Å². The van der Waals surface area contributed by atoms with Gasteiger partial charge in [0.15, 0.2) is 0 Å². The molecule has 1 heteroatoms. The Bertz CT molecular complexity index is 472. The van der Waals surface area contributed by atoms with Crippen molar-refractivity contribution in [2.45, 2.75) is 65.5 Å². The fourth-order valence-electron chi connectivity index (χ4n) is 4.12. The minimum absolute atomic E-state index is 0.344. The number of benzene rings is 1. The van der Waals surface area contributed by atoms with Crippen molar-refractivity contribution in [3.8, 4) is 0 Å². The molecule has 1 nitrogen and oxygen atoms in total. The summed E-state index contributed by atoms with van der Waals surface area (Å²) < 4.78 is 0. The Kier molecular flexibility index (Phi) is 3.01. The Balaban J connectivity index is 1.80. The maximum atomic E-state index is 3.98. The van der Waals surface area contributed by atoms with Crippen molar-refractivity contribution < 1.29 is 0 Å². The van der Waals surface area contributed by atoms with E-state index in [1.165, 1.54) is 31.2 Å². The first-order valence-electron chi connectivity index (χ1n) is 7.71. The number of fused-ring (bicyclic) bond motifs is 1. The molecule has 0 aromatic heterocycles. The van der Waals surface area contributed by atoms with Gasteiger partial charge in [-0.2, -0.15) is 0 Å². The standard InChI is InChI=1S/C18H27N/c1-17(2)10-9-14(12-17)19-16-15-8-6-5-7-13(15)11-18(16,3)4/h5-8,14,16,19H,9-12H2,1-4H3. The maximum Gasteiger partial charge on any atom is 0.0380 e. The van der Waals surface area contributed by atoms with Gasteiger partial charge in [0.2, 0.25) is 0 Å². The van der Waals surface area contributed by atoms with Crippen LogP contribution in [0.1, 0.15) is 64.1 Å². The minimum Gasteiger partial charge on any atom is -0.307 e. The third kappa shape index (κ3) is 2.45. The Labute approximate surface area is 117 Å². The number of hydrogen-bond acceptors (Lipinski definition) is 1. The molecule has 1 fully saturated rings. The third-order valence-corrected chi connectivity index (χ3v) is 5.16. The highest BCUT2D eigenvalue weighted by molar-refractivity contribution is 5.37. The van der Waals surface area contributed by atoms with Crippen LogP contribution >= 0.6 is 0 Å². The van der Waals surface area contributed by atoms with E-state index in [1.807, 2.05) is 0 Å². The van der Waals surface area contributed by atoms with Gasteiger partial charge in [-0.15, -0.1) is 0 Å². The van der Waals surface area contributed by atoms with Crippen molar-refractivity contribution >= 4 is 0 Å². The smallest absolute Gasteiger partial charge is 0.0380 e. The zero-order valence-corrected chi connectivity index (χ0v) is 12.8. The summed E-state index contributed by atoms with van der Waals surface area (Å²) in [7, 11) is 0. The van der Waals surface area contributed by atoms with Crippen LogP contribution in [0, 0.1) is 10.8 Å². The molecule has 1 saturated carbocycles. The third-order valence-electron chi connectivity index (χ3n) is 5.16. The van der Waals surface area contributed by atoms with Gasteiger partial charge in [0.25, 0.3) is 0 Å². The van der Waals surface area contributed by atoms with Crippen molar-refractivity contribution in [1.82, 2.24) is 5.32 Å². The lowest BCUT2D eigenvalue weighted by atomic mass is 9.84. The van der Waals surface area contributed by atoms with Crippen LogP contribution in [-0.4, -0.2) is 6.04 Å². The zero-order valence-electron chi connectivity index (χ0n) is 12.8. The molecule has 1 aromatic carbocycles. The van der Waals surface area contributed by atoms with E-state index in [4.69, 9.17) is 0 Å². The van der Waals surface area contributed by atoms with Crippen LogP contribution < -0.4 is 5.32 Å². The highest BCUT2D eigenvalue weighted by atomic mass is 15.0. The monoisotopic (exact) mass is 257 g/mol. The predicted octanol–water partition coefficient (Wildman–Crippen LogP) is 4.48. The molecular formula is C18H27N. The minimum atomic E-state index is 0.344. The summed E-state index contributed by atoms with van der Waals surface area (Å²) in [6.07, 6.45) is 5.22. The van der Waals surface area contributed by atoms with E-state index in [0.29, 0.717) is 22.9 Å². The van der Waals surface area contributed by atoms with Crippen LogP contribution in [-0.2, 0) is 6.42 Å². The molecule has 0 spiro atoms. The first-order valence-corrected chi connectivity index (χ1v) is 7.71. The lowest BCUT2D eigenvalue weighted by Crippen LogP contribution is -2.37. The molecule has 104 valence electrons. The van der Waals surface area contributed by atoms with E-state index in [0.717, 1.165) is 0 Å². The van der Waals surface area contributed by atoms with Gasteiger partial charge < -0.3 is 5.32 Å². The van der Waals surface area contributed by atoms with Crippen molar-refractivity contribution in [2.24, 2.45) is 10.8 Å². The normalized spacial score (nSPS) is 31.4. The molecule has 2 aliphatic rings. The zero-order chi connectivity index (χ0) is 13.7. The van der Waals surface area contributed by atoms with Gasteiger partial charge in [-0.3, -0.25) is 0 Å². The SMILES string of the molecule is CC1(C)CCC(NC2c3ccccc3CC2(C)C)C1. The van der Waals surface area contributed by atoms with Crippen LogP contribution in [0.5, 0.6) is 0 Å². The second kappa shape index (κ2) is 4.34. The molecule has 0 saturated heterocycles. The molecule has 1 N–H and O–H groups in total. The average molecular weight is 257 g/mol. The Morgan fingerprint density at radius 3 is 2.53 bits per heavy atom. The van der Waals surface area contributed by atoms with Crippen LogP contribution in [0.15, 0.2) is 24.3 Å². The van der Waals surface area contributed by atoms with Gasteiger partial charge in [-0.1, -0.05) is 52.0 Å². The van der Waals surface area contributed by atoms with Gasteiger partial charge >= 0.3 is 0 Å². The summed E-state index contributed by atoms with van der Waals surface area (Å²) >= 11 is 0. The fourth-order valence-corrected chi connectivity index (χ4v) is 4.12. The average Bonchev–Trinajstić information content (AvgIpc) is 2.77. The van der Waals surface area contributed by atoms with Crippen molar-refractivity contribution in [3.05, 3.63) is 35.4 Å². The number of rotatable bonds is 2. The molecule has 3 rings (SSSR count). The summed E-state index contributed by atoms with van der Waals surface area (Å²) in [6.45, 7) is 9.63. The molecule has 2 unspecified atom stereocenters. The van der Waals surface area contributed by atoms with Crippen LogP contribution in [0.3, 0.4) is 0 Å².